The van der Waals surface area contributed by atoms with Gasteiger partial charge in [0.2, 0.25) is 0 Å². The average Bonchev–Trinajstić information content (AvgIpc) is 2.19. The number of carbonyl (C=O) groups is 1. The third-order valence-corrected chi connectivity index (χ3v) is 4.01. The summed E-state index contributed by atoms with van der Waals surface area (Å²) in [6.07, 6.45) is 5.12. The lowest BCUT2D eigenvalue weighted by Gasteiger charge is -2.58. The van der Waals surface area contributed by atoms with E-state index < -0.39 is 0 Å². The molecule has 17 heavy (non-hydrogen) atoms. The van der Waals surface area contributed by atoms with Gasteiger partial charge in [-0.25, -0.2) is 4.79 Å². The number of carbonyl (C=O) groups excluding carboxylic acids is 1. The highest BCUT2D eigenvalue weighted by molar-refractivity contribution is 5.69. The van der Waals surface area contributed by atoms with E-state index in [1.165, 1.54) is 12.8 Å². The molecular weight excluding hydrogens is 218 g/mol. The van der Waals surface area contributed by atoms with Crippen LogP contribution < -0.4 is 0 Å². The molecule has 4 nitrogen and oxygen atoms in total. The van der Waals surface area contributed by atoms with E-state index in [9.17, 15) is 4.79 Å². The average molecular weight is 241 g/mol. The Bertz CT molecular complexity index is 266. The van der Waals surface area contributed by atoms with Crippen molar-refractivity contribution in [3.05, 3.63) is 0 Å². The normalized spacial score (nSPS) is 22.1. The number of hydrogen-bond acceptors (Lipinski definition) is 3. The molecule has 0 bridgehead atoms. The molecule has 1 saturated heterocycles. The molecule has 0 aromatic rings. The maximum absolute atomic E-state index is 11.6. The van der Waals surface area contributed by atoms with Gasteiger partial charge in [0.05, 0.1) is 6.61 Å². The molecule has 1 saturated carbocycles. The van der Waals surface area contributed by atoms with Crippen molar-refractivity contribution in [2.45, 2.75) is 39.0 Å². The number of aliphatic hydroxyl groups is 1. The van der Waals surface area contributed by atoms with E-state index >= 15 is 0 Å². The Morgan fingerprint density at radius 3 is 2.76 bits per heavy atom. The molecule has 0 radical (unpaired) electrons. The Balaban J connectivity index is 1.61. The largest absolute Gasteiger partial charge is 0.449 e. The third-order valence-electron chi connectivity index (χ3n) is 4.01. The van der Waals surface area contributed by atoms with E-state index in [1.807, 2.05) is 4.90 Å². The second-order valence-corrected chi connectivity index (χ2v) is 5.61. The zero-order chi connectivity index (χ0) is 12.3. The van der Waals surface area contributed by atoms with E-state index in [1.54, 1.807) is 0 Å². The van der Waals surface area contributed by atoms with Gasteiger partial charge < -0.3 is 14.7 Å². The maximum Gasteiger partial charge on any atom is 0.409 e. The summed E-state index contributed by atoms with van der Waals surface area (Å²) >= 11 is 0. The SMILES string of the molecule is CCCCOC(=O)N1CC2(CC(CCO)C2)C1. The molecule has 1 aliphatic carbocycles. The molecule has 98 valence electrons. The van der Waals surface area contributed by atoms with Gasteiger partial charge >= 0.3 is 6.09 Å². The number of rotatable bonds is 5. The van der Waals surface area contributed by atoms with Gasteiger partial charge in [0, 0.05) is 25.1 Å². The highest BCUT2D eigenvalue weighted by atomic mass is 16.6. The zero-order valence-electron chi connectivity index (χ0n) is 10.7. The highest BCUT2D eigenvalue weighted by Gasteiger charge is 2.53. The Hall–Kier alpha value is -0.770. The van der Waals surface area contributed by atoms with Crippen LogP contribution in [0.2, 0.25) is 0 Å². The Morgan fingerprint density at radius 1 is 1.47 bits per heavy atom. The lowest BCUT2D eigenvalue weighted by atomic mass is 9.57. The number of nitrogens with zero attached hydrogens (tertiary/aromatic N) is 1. The Labute approximate surface area is 103 Å². The molecular formula is C13H23NO3. The molecule has 1 spiro atoms. The van der Waals surface area contributed by atoms with Crippen molar-refractivity contribution < 1.29 is 14.6 Å². The van der Waals surface area contributed by atoms with Crippen LogP contribution in [0.4, 0.5) is 4.79 Å². The van der Waals surface area contributed by atoms with Crippen LogP contribution in [0.25, 0.3) is 0 Å². The fourth-order valence-corrected chi connectivity index (χ4v) is 3.10. The molecule has 0 unspecified atom stereocenters. The monoisotopic (exact) mass is 241 g/mol. The van der Waals surface area contributed by atoms with Gasteiger partial charge in [0.25, 0.3) is 0 Å². The Morgan fingerprint density at radius 2 is 2.18 bits per heavy atom. The molecule has 2 aliphatic rings. The summed E-state index contributed by atoms with van der Waals surface area (Å²) < 4.78 is 5.17. The Kier molecular flexibility index (Phi) is 3.92. The zero-order valence-corrected chi connectivity index (χ0v) is 10.7. The smallest absolute Gasteiger partial charge is 0.409 e. The standard InChI is InChI=1S/C13H23NO3/c1-2-3-6-17-12(16)14-9-13(10-14)7-11(8-13)4-5-15/h11,15H,2-10H2,1H3. The van der Waals surface area contributed by atoms with Crippen LogP contribution in [-0.2, 0) is 4.74 Å². The summed E-state index contributed by atoms with van der Waals surface area (Å²) in [7, 11) is 0. The second kappa shape index (κ2) is 5.25. The first kappa shape index (κ1) is 12.7. The molecule has 0 aromatic heterocycles. The fourth-order valence-electron chi connectivity index (χ4n) is 3.10. The number of aliphatic hydroxyl groups excluding tert-OH is 1. The number of likely N-dealkylation sites (tertiary alicyclic amines) is 1. The summed E-state index contributed by atoms with van der Waals surface area (Å²) in [5.74, 6) is 0.679. The van der Waals surface area contributed by atoms with E-state index in [2.05, 4.69) is 6.92 Å². The first-order valence-corrected chi connectivity index (χ1v) is 6.72. The first-order chi connectivity index (χ1) is 8.19. The van der Waals surface area contributed by atoms with Gasteiger partial charge in [-0.15, -0.1) is 0 Å². The number of unbranched alkanes of at least 4 members (excludes halogenated alkanes) is 1. The van der Waals surface area contributed by atoms with Crippen molar-refractivity contribution in [1.29, 1.82) is 0 Å². The van der Waals surface area contributed by atoms with Crippen molar-refractivity contribution in [3.8, 4) is 0 Å². The van der Waals surface area contributed by atoms with Crippen molar-refractivity contribution in [1.82, 2.24) is 4.90 Å². The maximum atomic E-state index is 11.6. The van der Waals surface area contributed by atoms with Gasteiger partial charge in [0.1, 0.15) is 0 Å². The third kappa shape index (κ3) is 2.73. The van der Waals surface area contributed by atoms with Crippen LogP contribution >= 0.6 is 0 Å². The minimum atomic E-state index is -0.144. The van der Waals surface area contributed by atoms with Gasteiger partial charge in [-0.05, 0) is 31.6 Å². The van der Waals surface area contributed by atoms with Crippen molar-refractivity contribution in [2.24, 2.45) is 11.3 Å². The highest BCUT2D eigenvalue weighted by Crippen LogP contribution is 2.52. The van der Waals surface area contributed by atoms with Crippen LogP contribution in [0.15, 0.2) is 0 Å². The van der Waals surface area contributed by atoms with Crippen LogP contribution in [0.5, 0.6) is 0 Å². The molecule has 0 atom stereocenters. The van der Waals surface area contributed by atoms with Gasteiger partial charge in [-0.3, -0.25) is 0 Å². The van der Waals surface area contributed by atoms with E-state index in [-0.39, 0.29) is 6.09 Å². The molecule has 4 heteroatoms. The predicted octanol–water partition coefficient (Wildman–Crippen LogP) is 2.02. The quantitative estimate of drug-likeness (QED) is 0.749. The van der Waals surface area contributed by atoms with Crippen LogP contribution in [0, 0.1) is 11.3 Å². The van der Waals surface area contributed by atoms with Crippen LogP contribution in [0.3, 0.4) is 0 Å². The second-order valence-electron chi connectivity index (χ2n) is 5.61. The number of amides is 1. The van der Waals surface area contributed by atoms with Gasteiger partial charge in [-0.1, -0.05) is 13.3 Å². The van der Waals surface area contributed by atoms with Crippen molar-refractivity contribution in [3.63, 3.8) is 0 Å². The van der Waals surface area contributed by atoms with Crippen LogP contribution in [-0.4, -0.2) is 42.4 Å². The molecule has 1 heterocycles. The molecule has 2 rings (SSSR count). The van der Waals surface area contributed by atoms with E-state index in [0.29, 0.717) is 24.5 Å². The molecule has 0 aromatic carbocycles. The lowest BCUT2D eigenvalue weighted by Crippen LogP contribution is -2.63. The van der Waals surface area contributed by atoms with Gasteiger partial charge in [-0.2, -0.15) is 0 Å². The lowest BCUT2D eigenvalue weighted by molar-refractivity contribution is -0.0889. The summed E-state index contributed by atoms with van der Waals surface area (Å²) in [5.41, 5.74) is 0.379. The molecule has 2 fully saturated rings. The molecule has 1 amide bonds. The number of ether oxygens (including phenoxy) is 1. The van der Waals surface area contributed by atoms with E-state index in [4.69, 9.17) is 9.84 Å². The predicted molar refractivity (Wildman–Crippen MR) is 64.7 cm³/mol. The summed E-state index contributed by atoms with van der Waals surface area (Å²) in [5, 5.41) is 8.84. The van der Waals surface area contributed by atoms with Gasteiger partial charge in [0.15, 0.2) is 0 Å². The first-order valence-electron chi connectivity index (χ1n) is 6.72. The molecule has 1 aliphatic heterocycles. The minimum absolute atomic E-state index is 0.144. The summed E-state index contributed by atoms with van der Waals surface area (Å²) in [6.45, 7) is 4.65. The van der Waals surface area contributed by atoms with Crippen molar-refractivity contribution in [2.75, 3.05) is 26.3 Å². The summed E-state index contributed by atoms with van der Waals surface area (Å²) in [6, 6.07) is 0. The topological polar surface area (TPSA) is 49.8 Å². The minimum Gasteiger partial charge on any atom is -0.449 e. The molecule has 1 N–H and O–H groups in total. The number of hydrogen-bond donors (Lipinski definition) is 1. The van der Waals surface area contributed by atoms with E-state index in [0.717, 1.165) is 32.4 Å². The van der Waals surface area contributed by atoms with Crippen molar-refractivity contribution >= 4 is 6.09 Å². The summed E-state index contributed by atoms with van der Waals surface area (Å²) in [4.78, 5) is 13.4. The fraction of sp³-hybridized carbons (Fsp3) is 0.923. The van der Waals surface area contributed by atoms with Crippen LogP contribution in [0.1, 0.15) is 39.0 Å².